The van der Waals surface area contributed by atoms with Gasteiger partial charge in [-0.05, 0) is 54.7 Å². The first-order valence-electron chi connectivity index (χ1n) is 13.1. The summed E-state index contributed by atoms with van der Waals surface area (Å²) in [6, 6.07) is 18.0. The van der Waals surface area contributed by atoms with Crippen LogP contribution < -0.4 is 4.74 Å². The predicted molar refractivity (Wildman–Crippen MR) is 144 cm³/mol. The second-order valence-electron chi connectivity index (χ2n) is 9.24. The molecule has 0 aliphatic heterocycles. The van der Waals surface area contributed by atoms with Crippen molar-refractivity contribution in [1.82, 2.24) is 4.90 Å². The molecule has 0 bridgehead atoms. The topological polar surface area (TPSA) is 76.1 Å². The molecule has 3 aromatic rings. The van der Waals surface area contributed by atoms with Crippen LogP contribution in [-0.4, -0.2) is 41.2 Å². The quantitative estimate of drug-likeness (QED) is 0.267. The highest BCUT2D eigenvalue weighted by Crippen LogP contribution is 2.28. The van der Waals surface area contributed by atoms with Crippen LogP contribution in [0.25, 0.3) is 0 Å². The van der Waals surface area contributed by atoms with Gasteiger partial charge in [0, 0.05) is 37.2 Å². The van der Waals surface area contributed by atoms with E-state index < -0.39 is 23.7 Å². The Morgan fingerprint density at radius 3 is 2.13 bits per heavy atom. The van der Waals surface area contributed by atoms with E-state index >= 15 is 0 Å². The molecule has 1 amide bonds. The van der Waals surface area contributed by atoms with Crippen LogP contribution in [0.3, 0.4) is 0 Å². The van der Waals surface area contributed by atoms with E-state index in [0.29, 0.717) is 12.2 Å². The molecule has 208 valence electrons. The maximum Gasteiger partial charge on any atom is 0.333 e. The van der Waals surface area contributed by atoms with E-state index in [0.717, 1.165) is 29.2 Å². The molecule has 0 aliphatic carbocycles. The van der Waals surface area contributed by atoms with Crippen molar-refractivity contribution in [2.45, 2.75) is 58.7 Å². The van der Waals surface area contributed by atoms with Crippen molar-refractivity contribution in [2.75, 3.05) is 13.2 Å². The minimum absolute atomic E-state index is 0.0467. The zero-order chi connectivity index (χ0) is 28.4. The summed E-state index contributed by atoms with van der Waals surface area (Å²) < 4.78 is 39.0. The molecular weight excluding hydrogens is 504 g/mol. The zero-order valence-corrected chi connectivity index (χ0v) is 22.5. The number of carbonyl (C=O) groups excluding carboxylic acids is 1. The Morgan fingerprint density at radius 2 is 1.56 bits per heavy atom. The van der Waals surface area contributed by atoms with Gasteiger partial charge >= 0.3 is 5.97 Å². The van der Waals surface area contributed by atoms with Crippen molar-refractivity contribution < 1.29 is 33.0 Å². The van der Waals surface area contributed by atoms with Crippen molar-refractivity contribution >= 4 is 11.9 Å². The summed E-state index contributed by atoms with van der Waals surface area (Å²) >= 11 is 0. The van der Waals surface area contributed by atoms with E-state index in [-0.39, 0.29) is 43.7 Å². The van der Waals surface area contributed by atoms with Gasteiger partial charge in [0.05, 0.1) is 0 Å². The number of carbonyl (C=O) groups is 2. The number of halogens is 2. The highest BCUT2D eigenvalue weighted by Gasteiger charge is 2.28. The summed E-state index contributed by atoms with van der Waals surface area (Å²) in [5.41, 5.74) is 3.03. The van der Waals surface area contributed by atoms with Crippen LogP contribution in [0.4, 0.5) is 8.78 Å². The fourth-order valence-electron chi connectivity index (χ4n) is 4.40. The Balaban J connectivity index is 1.72. The maximum atomic E-state index is 14.4. The average molecular weight is 540 g/mol. The standard InChI is InChI=1S/C31H35F2NO5/c1-4-21-7-9-22(10-8-21)18-34(19-24-11-14-25(32)17-28(24)33)29(35)20-39-26-15-12-23(13-16-26)27(5-2)30(31(36)37)38-6-3/h7-17,27,30H,4-6,18-20H2,1-3H3,(H,36,37)/t27?,30-/m0/s1. The van der Waals surface area contributed by atoms with Gasteiger partial charge in [0.2, 0.25) is 0 Å². The normalized spacial score (nSPS) is 12.5. The molecule has 0 aliphatic rings. The fraction of sp³-hybridized carbons (Fsp3) is 0.355. The molecule has 0 saturated carbocycles. The van der Waals surface area contributed by atoms with Crippen LogP contribution in [0.2, 0.25) is 0 Å². The van der Waals surface area contributed by atoms with Crippen LogP contribution in [-0.2, 0) is 33.8 Å². The first-order valence-corrected chi connectivity index (χ1v) is 13.1. The number of carboxylic acids is 1. The van der Waals surface area contributed by atoms with Gasteiger partial charge in [0.15, 0.2) is 12.7 Å². The number of aliphatic carboxylic acids is 1. The molecule has 0 saturated heterocycles. The molecule has 0 fully saturated rings. The van der Waals surface area contributed by atoms with Gasteiger partial charge in [-0.15, -0.1) is 0 Å². The Bertz CT molecular complexity index is 1230. The van der Waals surface area contributed by atoms with Crippen LogP contribution in [0.15, 0.2) is 66.7 Å². The Hall–Kier alpha value is -3.78. The first kappa shape index (κ1) is 29.8. The summed E-state index contributed by atoms with van der Waals surface area (Å²) in [4.78, 5) is 26.3. The molecule has 3 rings (SSSR count). The number of carboxylic acid groups (broad SMARTS) is 1. The minimum atomic E-state index is -1.02. The summed E-state index contributed by atoms with van der Waals surface area (Å²) in [5.74, 6) is -2.68. The number of hydrogen-bond acceptors (Lipinski definition) is 4. The number of ether oxygens (including phenoxy) is 2. The molecule has 8 heteroatoms. The Labute approximate surface area is 228 Å². The summed E-state index contributed by atoms with van der Waals surface area (Å²) in [6.07, 6.45) is 0.502. The maximum absolute atomic E-state index is 14.4. The average Bonchev–Trinajstić information content (AvgIpc) is 2.93. The Kier molecular flexibility index (Phi) is 11.0. The summed E-state index contributed by atoms with van der Waals surface area (Å²) in [5, 5.41) is 9.55. The molecule has 0 spiro atoms. The molecule has 0 heterocycles. The Morgan fingerprint density at radius 1 is 0.897 bits per heavy atom. The van der Waals surface area contributed by atoms with Crippen molar-refractivity contribution in [3.8, 4) is 5.75 Å². The van der Waals surface area contributed by atoms with Crippen LogP contribution in [0, 0.1) is 11.6 Å². The van der Waals surface area contributed by atoms with E-state index in [1.54, 1.807) is 31.2 Å². The number of aryl methyl sites for hydroxylation is 1. The van der Waals surface area contributed by atoms with Crippen molar-refractivity contribution in [3.63, 3.8) is 0 Å². The highest BCUT2D eigenvalue weighted by atomic mass is 19.1. The molecule has 1 unspecified atom stereocenters. The van der Waals surface area contributed by atoms with E-state index in [2.05, 4.69) is 6.92 Å². The molecule has 2 atom stereocenters. The lowest BCUT2D eigenvalue weighted by atomic mass is 9.91. The molecule has 0 radical (unpaired) electrons. The van der Waals surface area contributed by atoms with Gasteiger partial charge in [-0.1, -0.05) is 56.3 Å². The number of rotatable bonds is 14. The molecule has 3 aromatic carbocycles. The number of hydrogen-bond donors (Lipinski definition) is 1. The predicted octanol–water partition coefficient (Wildman–Crippen LogP) is 6.12. The highest BCUT2D eigenvalue weighted by molar-refractivity contribution is 5.78. The van der Waals surface area contributed by atoms with Crippen LogP contribution >= 0.6 is 0 Å². The second-order valence-corrected chi connectivity index (χ2v) is 9.24. The third kappa shape index (κ3) is 8.35. The van der Waals surface area contributed by atoms with Crippen molar-refractivity contribution in [2.24, 2.45) is 0 Å². The summed E-state index contributed by atoms with van der Waals surface area (Å²) in [6.45, 7) is 5.89. The molecule has 1 N–H and O–H groups in total. The third-order valence-corrected chi connectivity index (χ3v) is 6.60. The van der Waals surface area contributed by atoms with Gasteiger partial charge < -0.3 is 19.5 Å². The van der Waals surface area contributed by atoms with Gasteiger partial charge in [-0.25, -0.2) is 13.6 Å². The van der Waals surface area contributed by atoms with E-state index in [1.807, 2.05) is 31.2 Å². The van der Waals surface area contributed by atoms with Gasteiger partial charge in [0.1, 0.15) is 17.4 Å². The SMILES string of the molecule is CCO[C@H](C(=O)O)C(CC)c1ccc(OCC(=O)N(Cc2ccc(CC)cc2)Cc2ccc(F)cc2F)cc1. The number of nitrogens with zero attached hydrogens (tertiary/aromatic N) is 1. The van der Waals surface area contributed by atoms with Crippen molar-refractivity contribution in [1.29, 1.82) is 0 Å². The molecular formula is C31H35F2NO5. The molecule has 0 aromatic heterocycles. The van der Waals surface area contributed by atoms with E-state index in [1.165, 1.54) is 17.0 Å². The number of benzene rings is 3. The van der Waals surface area contributed by atoms with Gasteiger partial charge in [-0.3, -0.25) is 4.79 Å². The largest absolute Gasteiger partial charge is 0.484 e. The minimum Gasteiger partial charge on any atom is -0.484 e. The molecule has 39 heavy (non-hydrogen) atoms. The monoisotopic (exact) mass is 539 g/mol. The van der Waals surface area contributed by atoms with Crippen LogP contribution in [0.5, 0.6) is 5.75 Å². The molecule has 6 nitrogen and oxygen atoms in total. The van der Waals surface area contributed by atoms with E-state index in [4.69, 9.17) is 9.47 Å². The zero-order valence-electron chi connectivity index (χ0n) is 22.5. The number of amides is 1. The van der Waals surface area contributed by atoms with Gasteiger partial charge in [0.25, 0.3) is 5.91 Å². The van der Waals surface area contributed by atoms with Gasteiger partial charge in [-0.2, -0.15) is 0 Å². The lowest BCUT2D eigenvalue weighted by Gasteiger charge is -2.24. The van der Waals surface area contributed by atoms with Crippen molar-refractivity contribution in [3.05, 3.63) is 101 Å². The van der Waals surface area contributed by atoms with E-state index in [9.17, 15) is 23.5 Å². The fourth-order valence-corrected chi connectivity index (χ4v) is 4.40. The third-order valence-electron chi connectivity index (χ3n) is 6.60. The lowest BCUT2D eigenvalue weighted by Crippen LogP contribution is -2.34. The van der Waals surface area contributed by atoms with Crippen LogP contribution in [0.1, 0.15) is 55.4 Å². The first-order chi connectivity index (χ1) is 18.7. The smallest absolute Gasteiger partial charge is 0.333 e. The lowest BCUT2D eigenvalue weighted by molar-refractivity contribution is -0.151. The summed E-state index contributed by atoms with van der Waals surface area (Å²) in [7, 11) is 0. The second kappa shape index (κ2) is 14.4.